The van der Waals surface area contributed by atoms with E-state index in [4.69, 9.17) is 0 Å². The van der Waals surface area contributed by atoms with Gasteiger partial charge in [0.2, 0.25) is 0 Å². The maximum atomic E-state index is 4.58. The van der Waals surface area contributed by atoms with Crippen molar-refractivity contribution in [2.75, 3.05) is 12.5 Å². The third-order valence-corrected chi connectivity index (χ3v) is 0.965. The van der Waals surface area contributed by atoms with E-state index in [9.17, 15) is 0 Å². The molecule has 1 N–H and O–H groups in total. The Morgan fingerprint density at radius 2 is 2.86 bits per heavy atom. The van der Waals surface area contributed by atoms with Gasteiger partial charge in [-0.3, -0.25) is 0 Å². The lowest BCUT2D eigenvalue weighted by Gasteiger charge is -1.86. The molecule has 0 aromatic rings. The van der Waals surface area contributed by atoms with Gasteiger partial charge >= 0.3 is 0 Å². The molecule has 0 fully saturated rings. The molecule has 0 aromatic carbocycles. The van der Waals surface area contributed by atoms with E-state index in [0.29, 0.717) is 12.5 Å². The highest BCUT2D eigenvalue weighted by Crippen LogP contribution is 1.87. The molecule has 0 aliphatic carbocycles. The molecule has 0 saturated heterocycles. The van der Waals surface area contributed by atoms with Gasteiger partial charge < -0.3 is 10.2 Å². The minimum Gasteiger partial charge on any atom is -0.372 e. The minimum absolute atomic E-state index is 0.496. The summed E-state index contributed by atoms with van der Waals surface area (Å²) in [6.45, 7) is 0.496. The van der Waals surface area contributed by atoms with Gasteiger partial charge in [-0.25, -0.2) is 0 Å². The van der Waals surface area contributed by atoms with Crippen LogP contribution in [-0.2, 0) is 4.84 Å². The molecule has 1 aliphatic rings. The monoisotopic (exact) mass is 118 g/mol. The van der Waals surface area contributed by atoms with Crippen LogP contribution in [-0.4, -0.2) is 18.3 Å². The van der Waals surface area contributed by atoms with Crippen molar-refractivity contribution in [3.63, 3.8) is 0 Å². The van der Waals surface area contributed by atoms with Crippen LogP contribution in [0.15, 0.2) is 5.16 Å². The summed E-state index contributed by atoms with van der Waals surface area (Å²) in [7, 11) is 0. The van der Waals surface area contributed by atoms with Crippen LogP contribution in [0, 0.1) is 0 Å². The molecular weight excluding hydrogens is 112 g/mol. The molecule has 0 bridgehead atoms. The number of nitrogens with one attached hydrogen (secondary N) is 1. The number of thiol groups is 1. The van der Waals surface area contributed by atoms with E-state index < -0.39 is 0 Å². The van der Waals surface area contributed by atoms with Gasteiger partial charge in [0.25, 0.3) is 0 Å². The van der Waals surface area contributed by atoms with Gasteiger partial charge in [-0.05, 0) is 0 Å². The first kappa shape index (κ1) is 4.77. The Morgan fingerprint density at radius 1 is 2.00 bits per heavy atom. The lowest BCUT2D eigenvalue weighted by atomic mass is 10.7. The molecule has 4 heteroatoms. The predicted octanol–water partition coefficient (Wildman–Crippen LogP) is -0.193. The Balaban J connectivity index is 2.36. The van der Waals surface area contributed by atoms with Crippen LogP contribution in [0.1, 0.15) is 0 Å². The highest BCUT2D eigenvalue weighted by molar-refractivity contribution is 7.81. The Morgan fingerprint density at radius 3 is 3.14 bits per heavy atom. The van der Waals surface area contributed by atoms with Crippen LogP contribution in [0.25, 0.3) is 0 Å². The molecule has 0 aromatic heterocycles. The van der Waals surface area contributed by atoms with E-state index in [1.165, 1.54) is 0 Å². The lowest BCUT2D eigenvalue weighted by molar-refractivity contribution is 0.164. The molecule has 0 amide bonds. The average molecular weight is 118 g/mol. The molecule has 1 aliphatic heterocycles. The summed E-state index contributed by atoms with van der Waals surface area (Å²) in [5.74, 6) is 1.43. The summed E-state index contributed by atoms with van der Waals surface area (Å²) in [5.41, 5.74) is 0. The zero-order chi connectivity index (χ0) is 5.11. The molecule has 0 atom stereocenters. The number of oxime groups is 1. The summed E-state index contributed by atoms with van der Waals surface area (Å²) in [6, 6.07) is 0. The molecule has 0 unspecified atom stereocenters. The van der Waals surface area contributed by atoms with E-state index in [1.807, 2.05) is 0 Å². The van der Waals surface area contributed by atoms with E-state index in [-0.39, 0.29) is 0 Å². The average Bonchev–Trinajstić information content (AvgIpc) is 2.14. The summed E-state index contributed by atoms with van der Waals surface area (Å²) >= 11 is 3.94. The third-order valence-electron chi connectivity index (χ3n) is 0.665. The summed E-state index contributed by atoms with van der Waals surface area (Å²) < 4.78 is 0. The minimum atomic E-state index is 0.496. The van der Waals surface area contributed by atoms with Gasteiger partial charge in [-0.1, -0.05) is 5.16 Å². The number of amidine groups is 1. The fraction of sp³-hybridized carbons (Fsp3) is 0.667. The fourth-order valence-corrected chi connectivity index (χ4v) is 0.512. The lowest BCUT2D eigenvalue weighted by Crippen LogP contribution is -2.18. The molecule has 3 nitrogen and oxygen atoms in total. The molecule has 7 heavy (non-hydrogen) atoms. The quantitative estimate of drug-likeness (QED) is 0.468. The maximum absolute atomic E-state index is 4.58. The molecule has 40 valence electrons. The van der Waals surface area contributed by atoms with Gasteiger partial charge in [0.1, 0.15) is 0 Å². The zero-order valence-corrected chi connectivity index (χ0v) is 4.61. The normalized spacial score (nSPS) is 17.6. The molecule has 0 radical (unpaired) electrons. The smallest absolute Gasteiger partial charge is 0.188 e. The second kappa shape index (κ2) is 2.07. The van der Waals surface area contributed by atoms with E-state index >= 15 is 0 Å². The zero-order valence-electron chi connectivity index (χ0n) is 3.72. The van der Waals surface area contributed by atoms with Crippen molar-refractivity contribution in [1.82, 2.24) is 5.32 Å². The molecule has 1 heterocycles. The Bertz CT molecular complexity index is 92.9. The summed E-state index contributed by atoms with van der Waals surface area (Å²) in [5, 5.41) is 6.44. The van der Waals surface area contributed by atoms with Crippen molar-refractivity contribution in [3.05, 3.63) is 0 Å². The Labute approximate surface area is 47.1 Å². The Hall–Kier alpha value is -0.380. The van der Waals surface area contributed by atoms with Gasteiger partial charge in [-0.2, -0.15) is 12.6 Å². The van der Waals surface area contributed by atoms with Gasteiger partial charge in [0, 0.05) is 0 Å². The van der Waals surface area contributed by atoms with Crippen LogP contribution in [0.5, 0.6) is 0 Å². The fourth-order valence-electron chi connectivity index (χ4n) is 0.343. The van der Waals surface area contributed by atoms with E-state index in [1.54, 1.807) is 0 Å². The van der Waals surface area contributed by atoms with Gasteiger partial charge in [0.05, 0.1) is 5.75 Å². The standard InChI is InChI=1S/C3H6N2OS/c7-1-3-4-2-6-5-3/h7H,1-2H2,(H,4,5). The molecule has 0 saturated carbocycles. The van der Waals surface area contributed by atoms with Crippen molar-refractivity contribution >= 4 is 18.5 Å². The third kappa shape index (κ3) is 0.991. The van der Waals surface area contributed by atoms with Crippen LogP contribution in [0.3, 0.4) is 0 Å². The number of rotatable bonds is 1. The van der Waals surface area contributed by atoms with Crippen LogP contribution in [0.2, 0.25) is 0 Å². The molecule has 1 rings (SSSR count). The van der Waals surface area contributed by atoms with Crippen molar-refractivity contribution in [1.29, 1.82) is 0 Å². The molecule has 0 spiro atoms. The van der Waals surface area contributed by atoms with Crippen LogP contribution >= 0.6 is 12.6 Å². The second-order valence-corrected chi connectivity index (χ2v) is 1.46. The summed E-state index contributed by atoms with van der Waals surface area (Å²) in [4.78, 5) is 4.58. The summed E-state index contributed by atoms with van der Waals surface area (Å²) in [6.07, 6.45) is 0. The SMILES string of the molecule is SCC1=NOCN1. The highest BCUT2D eigenvalue weighted by Gasteiger charge is 2.00. The largest absolute Gasteiger partial charge is 0.372 e. The van der Waals surface area contributed by atoms with Crippen molar-refractivity contribution in [3.8, 4) is 0 Å². The first-order valence-electron chi connectivity index (χ1n) is 1.97. The number of nitrogens with zero attached hydrogens (tertiary/aromatic N) is 1. The Kier molecular flexibility index (Phi) is 1.41. The first-order chi connectivity index (χ1) is 3.43. The van der Waals surface area contributed by atoms with Crippen molar-refractivity contribution in [2.45, 2.75) is 0 Å². The van der Waals surface area contributed by atoms with Crippen molar-refractivity contribution < 1.29 is 4.84 Å². The topological polar surface area (TPSA) is 33.6 Å². The number of hydrogen-bond donors (Lipinski definition) is 2. The van der Waals surface area contributed by atoms with Crippen LogP contribution in [0.4, 0.5) is 0 Å². The highest BCUT2D eigenvalue weighted by atomic mass is 32.1. The first-order valence-corrected chi connectivity index (χ1v) is 2.60. The predicted molar refractivity (Wildman–Crippen MR) is 30.4 cm³/mol. The van der Waals surface area contributed by atoms with E-state index in [0.717, 1.165) is 5.84 Å². The van der Waals surface area contributed by atoms with Crippen molar-refractivity contribution in [2.24, 2.45) is 5.16 Å². The second-order valence-electron chi connectivity index (χ2n) is 1.15. The van der Waals surface area contributed by atoms with Crippen LogP contribution < -0.4 is 5.32 Å². The van der Waals surface area contributed by atoms with Gasteiger partial charge in [0.15, 0.2) is 12.6 Å². The maximum Gasteiger partial charge on any atom is 0.188 e. The number of hydrogen-bond acceptors (Lipinski definition) is 4. The van der Waals surface area contributed by atoms with Gasteiger partial charge in [-0.15, -0.1) is 0 Å². The van der Waals surface area contributed by atoms with E-state index in [2.05, 4.69) is 27.9 Å². The molecular formula is C3H6N2OS.